The number of nitrogens with one attached hydrogen (secondary N) is 1. The summed E-state index contributed by atoms with van der Waals surface area (Å²) in [5, 5.41) is 10.1. The summed E-state index contributed by atoms with van der Waals surface area (Å²) in [7, 11) is 1.76. The summed E-state index contributed by atoms with van der Waals surface area (Å²) in [6, 6.07) is 16.0. The number of ether oxygens (including phenoxy) is 1. The lowest BCUT2D eigenvalue weighted by Crippen LogP contribution is -2.50. The number of aromatic nitrogens is 2. The highest BCUT2D eigenvalue weighted by Crippen LogP contribution is 2.33. The molecule has 2 aromatic carbocycles. The van der Waals surface area contributed by atoms with E-state index in [0.717, 1.165) is 36.3 Å². The van der Waals surface area contributed by atoms with Crippen molar-refractivity contribution in [3.05, 3.63) is 93.2 Å². The van der Waals surface area contributed by atoms with Crippen LogP contribution >= 0.6 is 0 Å². The molecule has 2 fully saturated rings. The van der Waals surface area contributed by atoms with E-state index >= 15 is 0 Å². The second kappa shape index (κ2) is 11.3. The van der Waals surface area contributed by atoms with Crippen LogP contribution in [0.15, 0.2) is 59.7 Å². The average molecular weight is 528 g/mol. The molecule has 0 aliphatic carbocycles. The molecule has 0 radical (unpaired) electrons. The molecular weight excluding hydrogens is 494 g/mol. The zero-order valence-electron chi connectivity index (χ0n) is 22.4. The van der Waals surface area contributed by atoms with E-state index in [0.29, 0.717) is 12.6 Å². The van der Waals surface area contributed by atoms with Gasteiger partial charge in [-0.25, -0.2) is 9.78 Å². The van der Waals surface area contributed by atoms with Crippen LogP contribution in [-0.2, 0) is 17.8 Å². The van der Waals surface area contributed by atoms with E-state index in [9.17, 15) is 14.7 Å². The van der Waals surface area contributed by atoms with Gasteiger partial charge in [0.05, 0.1) is 25.0 Å². The minimum atomic E-state index is -0.621. The number of hydrogen-bond donors (Lipinski definition) is 2. The summed E-state index contributed by atoms with van der Waals surface area (Å²) in [6.07, 6.45) is 1.59. The van der Waals surface area contributed by atoms with E-state index in [4.69, 9.17) is 4.74 Å². The van der Waals surface area contributed by atoms with Gasteiger partial charge in [-0.1, -0.05) is 36.1 Å². The predicted molar refractivity (Wildman–Crippen MR) is 147 cm³/mol. The lowest BCUT2D eigenvalue weighted by atomic mass is 10.0. The van der Waals surface area contributed by atoms with Gasteiger partial charge in [0.25, 0.3) is 5.56 Å². The molecular formula is C30H33N5O4. The molecule has 9 nitrogen and oxygen atoms in total. The number of nitrogens with zero attached hydrogens (tertiary/aromatic N) is 4. The van der Waals surface area contributed by atoms with Crippen LogP contribution in [0.5, 0.6) is 5.75 Å². The first-order chi connectivity index (χ1) is 18.8. The highest BCUT2D eigenvalue weighted by molar-refractivity contribution is 5.78. The van der Waals surface area contributed by atoms with E-state index in [1.807, 2.05) is 43.0 Å². The quantitative estimate of drug-likeness (QED) is 0.458. The van der Waals surface area contributed by atoms with Gasteiger partial charge in [-0.15, -0.1) is 0 Å². The highest BCUT2D eigenvalue weighted by atomic mass is 16.5. The van der Waals surface area contributed by atoms with Crippen molar-refractivity contribution in [3.8, 4) is 17.6 Å². The third kappa shape index (κ3) is 5.82. The van der Waals surface area contributed by atoms with Gasteiger partial charge in [0.1, 0.15) is 5.69 Å². The molecule has 1 atom stereocenters. The van der Waals surface area contributed by atoms with Crippen LogP contribution in [0, 0.1) is 11.8 Å². The minimum absolute atomic E-state index is 0.0295. The molecule has 2 aliphatic heterocycles. The van der Waals surface area contributed by atoms with Crippen molar-refractivity contribution in [1.82, 2.24) is 24.7 Å². The fourth-order valence-corrected chi connectivity index (χ4v) is 5.06. The van der Waals surface area contributed by atoms with Crippen molar-refractivity contribution < 1.29 is 14.6 Å². The van der Waals surface area contributed by atoms with Gasteiger partial charge in [0.15, 0.2) is 0 Å². The van der Waals surface area contributed by atoms with Gasteiger partial charge in [-0.3, -0.25) is 9.69 Å². The molecule has 0 saturated carbocycles. The zero-order chi connectivity index (χ0) is 27.5. The van der Waals surface area contributed by atoms with Gasteiger partial charge >= 0.3 is 6.03 Å². The Kier molecular flexibility index (Phi) is 7.68. The van der Waals surface area contributed by atoms with Crippen LogP contribution in [0.25, 0.3) is 0 Å². The summed E-state index contributed by atoms with van der Waals surface area (Å²) < 4.78 is 5.34. The Morgan fingerprint density at radius 2 is 1.64 bits per heavy atom. The van der Waals surface area contributed by atoms with Crippen molar-refractivity contribution >= 4 is 6.03 Å². The molecule has 1 unspecified atom stereocenters. The third-order valence-corrected chi connectivity index (χ3v) is 7.29. The topological polar surface area (TPSA) is 102 Å². The van der Waals surface area contributed by atoms with Crippen LogP contribution in [-0.4, -0.2) is 74.7 Å². The highest BCUT2D eigenvalue weighted by Gasteiger charge is 2.40. The molecule has 0 spiro atoms. The number of H-pyrrole nitrogens is 1. The third-order valence-electron chi connectivity index (χ3n) is 7.29. The minimum Gasteiger partial charge on any atom is -0.502 e. The molecule has 3 heterocycles. The molecule has 3 aromatic rings. The zero-order valence-corrected chi connectivity index (χ0v) is 22.4. The SMILES string of the molecule is COC1CN(Cc2ccc(C#Cc3ccc(C4CN(Cc5nc[nH]c(=O)c5O)C(=O)N4C(C)C)cc3)cc2)C1. The number of carbonyl (C=O) groups excluding carboxylic acids is 1. The van der Waals surface area contributed by atoms with Gasteiger partial charge < -0.3 is 24.6 Å². The summed E-state index contributed by atoms with van der Waals surface area (Å²) in [5.41, 5.74) is 3.67. The number of methoxy groups -OCH3 is 1. The van der Waals surface area contributed by atoms with E-state index in [1.165, 1.54) is 11.9 Å². The summed E-state index contributed by atoms with van der Waals surface area (Å²) in [6.45, 7) is 7.31. The molecule has 0 bridgehead atoms. The lowest BCUT2D eigenvalue weighted by molar-refractivity contribution is -0.0333. The number of aromatic amines is 1. The molecule has 2 aliphatic rings. The van der Waals surface area contributed by atoms with Gasteiger partial charge in [0.2, 0.25) is 5.75 Å². The second-order valence-corrected chi connectivity index (χ2v) is 10.3. The molecule has 202 valence electrons. The van der Waals surface area contributed by atoms with E-state index in [1.54, 1.807) is 12.0 Å². The average Bonchev–Trinajstić information content (AvgIpc) is 3.24. The lowest BCUT2D eigenvalue weighted by Gasteiger charge is -2.38. The standard InChI is InChI=1S/C30H33N5O4/c1-20(2)35-27(18-34(30(35)38)17-26-28(36)29(37)32-19-31-26)24-12-10-22(11-13-24)5-4-21-6-8-23(9-7-21)14-33-15-25(16-33)39-3/h6-13,19-20,25,27,36H,14-18H2,1-3H3,(H,31,32,37). The largest absolute Gasteiger partial charge is 0.502 e. The van der Waals surface area contributed by atoms with E-state index in [-0.39, 0.29) is 30.4 Å². The fourth-order valence-electron chi connectivity index (χ4n) is 5.06. The van der Waals surface area contributed by atoms with Gasteiger partial charge in [0, 0.05) is 50.5 Å². The van der Waals surface area contributed by atoms with Crippen LogP contribution in [0.3, 0.4) is 0 Å². The Morgan fingerprint density at radius 1 is 1.00 bits per heavy atom. The number of amides is 2. The number of rotatable bonds is 7. The number of aromatic hydroxyl groups is 1. The maximum atomic E-state index is 13.2. The molecule has 39 heavy (non-hydrogen) atoms. The first kappa shape index (κ1) is 26.5. The second-order valence-electron chi connectivity index (χ2n) is 10.3. The van der Waals surface area contributed by atoms with Gasteiger partial charge in [-0.05, 0) is 49.2 Å². The number of likely N-dealkylation sites (tertiary alicyclic amines) is 1. The number of benzene rings is 2. The normalized spacial score (nSPS) is 17.8. The van der Waals surface area contributed by atoms with Gasteiger partial charge in [-0.2, -0.15) is 0 Å². The van der Waals surface area contributed by atoms with Crippen LogP contribution in [0.2, 0.25) is 0 Å². The Bertz CT molecular complexity index is 1430. The molecule has 5 rings (SSSR count). The van der Waals surface area contributed by atoms with Crippen molar-refractivity contribution in [2.75, 3.05) is 26.7 Å². The molecule has 1 aromatic heterocycles. The Labute approximate surface area is 228 Å². The van der Waals surface area contributed by atoms with Crippen molar-refractivity contribution in [3.63, 3.8) is 0 Å². The molecule has 9 heteroatoms. The number of hydrogen-bond acceptors (Lipinski definition) is 6. The summed E-state index contributed by atoms with van der Waals surface area (Å²) in [5.74, 6) is 6.01. The van der Waals surface area contributed by atoms with Crippen molar-refractivity contribution in [2.24, 2.45) is 0 Å². The Morgan fingerprint density at radius 3 is 2.26 bits per heavy atom. The Hall–Kier alpha value is -4.13. The number of urea groups is 1. The van der Waals surface area contributed by atoms with E-state index < -0.39 is 11.3 Å². The fraction of sp³-hybridized carbons (Fsp3) is 0.367. The number of carbonyl (C=O) groups is 1. The Balaban J connectivity index is 1.24. The summed E-state index contributed by atoms with van der Waals surface area (Å²) in [4.78, 5) is 37.1. The molecule has 2 amide bonds. The predicted octanol–water partition coefficient (Wildman–Crippen LogP) is 3.09. The summed E-state index contributed by atoms with van der Waals surface area (Å²) >= 11 is 0. The van der Waals surface area contributed by atoms with Crippen molar-refractivity contribution in [1.29, 1.82) is 0 Å². The maximum absolute atomic E-state index is 13.2. The first-order valence-electron chi connectivity index (χ1n) is 13.1. The first-order valence-corrected chi connectivity index (χ1v) is 13.1. The van der Waals surface area contributed by atoms with Crippen molar-refractivity contribution in [2.45, 2.75) is 45.1 Å². The van der Waals surface area contributed by atoms with Crippen LogP contribution in [0.1, 0.15) is 47.8 Å². The van der Waals surface area contributed by atoms with Crippen LogP contribution < -0.4 is 5.56 Å². The molecule has 2 saturated heterocycles. The van der Waals surface area contributed by atoms with E-state index in [2.05, 4.69) is 51.0 Å². The maximum Gasteiger partial charge on any atom is 0.321 e. The molecule has 2 N–H and O–H groups in total. The smallest absolute Gasteiger partial charge is 0.321 e. The van der Waals surface area contributed by atoms with Crippen LogP contribution in [0.4, 0.5) is 4.79 Å². The monoisotopic (exact) mass is 527 g/mol.